The minimum atomic E-state index is 0.0247. The van der Waals surface area contributed by atoms with Gasteiger partial charge in [-0.05, 0) is 38.1 Å². The van der Waals surface area contributed by atoms with Crippen molar-refractivity contribution in [2.24, 2.45) is 0 Å². The van der Waals surface area contributed by atoms with Crippen molar-refractivity contribution >= 4 is 28.8 Å². The molecule has 2 aromatic rings. The third-order valence-electron chi connectivity index (χ3n) is 3.24. The van der Waals surface area contributed by atoms with Gasteiger partial charge in [0.1, 0.15) is 12.0 Å². The predicted molar refractivity (Wildman–Crippen MR) is 91.1 cm³/mol. The van der Waals surface area contributed by atoms with E-state index in [0.29, 0.717) is 29.5 Å². The number of hydrogen-bond donors (Lipinski definition) is 3. The van der Waals surface area contributed by atoms with E-state index in [9.17, 15) is 4.79 Å². The molecule has 2 rings (SSSR count). The number of carbonyl (C=O) groups excluding carboxylic acids is 1. The Morgan fingerprint density at radius 3 is 2.52 bits per heavy atom. The van der Waals surface area contributed by atoms with Crippen LogP contribution < -0.4 is 16.4 Å². The fraction of sp³-hybridized carbons (Fsp3) is 0.312. The van der Waals surface area contributed by atoms with Gasteiger partial charge in [-0.2, -0.15) is 0 Å². The number of methoxy groups -OCH3 is 1. The van der Waals surface area contributed by atoms with Gasteiger partial charge in [0.2, 0.25) is 0 Å². The van der Waals surface area contributed by atoms with E-state index in [1.165, 1.54) is 13.3 Å². The summed E-state index contributed by atoms with van der Waals surface area (Å²) >= 11 is 0. The number of Topliss-reactive ketones (excluding diaryl/α,β-unsaturated/α-hetero) is 1. The lowest BCUT2D eigenvalue weighted by atomic mass is 10.1. The monoisotopic (exact) mass is 315 g/mol. The van der Waals surface area contributed by atoms with Gasteiger partial charge >= 0.3 is 0 Å². The van der Waals surface area contributed by atoms with Gasteiger partial charge < -0.3 is 21.1 Å². The molecule has 0 saturated carbocycles. The van der Waals surface area contributed by atoms with Gasteiger partial charge in [0.05, 0.1) is 6.61 Å². The zero-order valence-electron chi connectivity index (χ0n) is 13.5. The van der Waals surface area contributed by atoms with Crippen LogP contribution in [0.25, 0.3) is 0 Å². The molecule has 23 heavy (non-hydrogen) atoms. The van der Waals surface area contributed by atoms with Gasteiger partial charge in [0.15, 0.2) is 17.4 Å². The van der Waals surface area contributed by atoms with Crippen molar-refractivity contribution in [3.8, 4) is 0 Å². The molecule has 1 atom stereocenters. The van der Waals surface area contributed by atoms with Crippen LogP contribution in [0.3, 0.4) is 0 Å². The number of rotatable bonds is 7. The van der Waals surface area contributed by atoms with Crippen LogP contribution >= 0.6 is 0 Å². The molecule has 0 aliphatic rings. The van der Waals surface area contributed by atoms with Crippen LogP contribution in [0.5, 0.6) is 0 Å². The summed E-state index contributed by atoms with van der Waals surface area (Å²) in [5.74, 6) is 1.08. The number of nitrogen functional groups attached to an aromatic ring is 1. The second-order valence-electron chi connectivity index (χ2n) is 5.24. The summed E-state index contributed by atoms with van der Waals surface area (Å²) < 4.78 is 5.08. The number of aromatic nitrogens is 2. The molecule has 0 spiro atoms. The summed E-state index contributed by atoms with van der Waals surface area (Å²) in [4.78, 5) is 19.6. The quantitative estimate of drug-likeness (QED) is 0.674. The van der Waals surface area contributed by atoms with Crippen LogP contribution in [-0.4, -0.2) is 35.5 Å². The summed E-state index contributed by atoms with van der Waals surface area (Å²) in [6, 6.07) is 7.18. The van der Waals surface area contributed by atoms with Gasteiger partial charge in [0.25, 0.3) is 0 Å². The molecule has 0 radical (unpaired) electrons. The molecular formula is C16H21N5O2. The first-order valence-electron chi connectivity index (χ1n) is 7.25. The number of hydrogen-bond acceptors (Lipinski definition) is 7. The van der Waals surface area contributed by atoms with E-state index in [-0.39, 0.29) is 11.8 Å². The zero-order chi connectivity index (χ0) is 16.8. The van der Waals surface area contributed by atoms with Crippen molar-refractivity contribution < 1.29 is 9.53 Å². The van der Waals surface area contributed by atoms with E-state index >= 15 is 0 Å². The maximum atomic E-state index is 11.3. The van der Waals surface area contributed by atoms with E-state index in [1.54, 1.807) is 31.4 Å². The summed E-state index contributed by atoms with van der Waals surface area (Å²) in [6.45, 7) is 4.04. The normalized spacial score (nSPS) is 11.8. The van der Waals surface area contributed by atoms with Gasteiger partial charge in [-0.15, -0.1) is 0 Å². The fourth-order valence-electron chi connectivity index (χ4n) is 2.06. The second kappa shape index (κ2) is 7.55. The molecule has 0 amide bonds. The summed E-state index contributed by atoms with van der Waals surface area (Å²) in [5, 5.41) is 6.30. The van der Waals surface area contributed by atoms with Crippen LogP contribution in [0.4, 0.5) is 23.0 Å². The maximum Gasteiger partial charge on any atom is 0.159 e. The van der Waals surface area contributed by atoms with Crippen molar-refractivity contribution in [3.63, 3.8) is 0 Å². The van der Waals surface area contributed by atoms with Gasteiger partial charge in [0, 0.05) is 24.4 Å². The fourth-order valence-corrected chi connectivity index (χ4v) is 2.06. The van der Waals surface area contributed by atoms with Crippen LogP contribution in [0, 0.1) is 0 Å². The van der Waals surface area contributed by atoms with E-state index < -0.39 is 0 Å². The highest BCUT2D eigenvalue weighted by atomic mass is 16.5. The van der Waals surface area contributed by atoms with Crippen molar-refractivity contribution in [2.75, 3.05) is 30.1 Å². The van der Waals surface area contributed by atoms with E-state index in [2.05, 4.69) is 20.6 Å². The number of carbonyl (C=O) groups is 1. The molecule has 1 aromatic heterocycles. The first-order valence-corrected chi connectivity index (χ1v) is 7.25. The lowest BCUT2D eigenvalue weighted by molar-refractivity contribution is 0.101. The van der Waals surface area contributed by atoms with E-state index in [0.717, 1.165) is 5.69 Å². The highest BCUT2D eigenvalue weighted by Gasteiger charge is 2.11. The molecule has 1 aromatic carbocycles. The number of nitrogens with two attached hydrogens (primary N) is 1. The molecular weight excluding hydrogens is 294 g/mol. The molecule has 0 bridgehead atoms. The summed E-state index contributed by atoms with van der Waals surface area (Å²) in [7, 11) is 1.64. The summed E-state index contributed by atoms with van der Waals surface area (Å²) in [6.07, 6.45) is 1.44. The molecule has 0 aliphatic heterocycles. The van der Waals surface area contributed by atoms with Crippen molar-refractivity contribution in [3.05, 3.63) is 36.2 Å². The zero-order valence-corrected chi connectivity index (χ0v) is 13.5. The lowest BCUT2D eigenvalue weighted by Gasteiger charge is -2.16. The Balaban J connectivity index is 2.15. The highest BCUT2D eigenvalue weighted by Crippen LogP contribution is 2.26. The third-order valence-corrected chi connectivity index (χ3v) is 3.24. The Bertz CT molecular complexity index is 673. The Morgan fingerprint density at radius 1 is 1.26 bits per heavy atom. The Labute approximate surface area is 135 Å². The van der Waals surface area contributed by atoms with Crippen LogP contribution in [0.15, 0.2) is 30.6 Å². The van der Waals surface area contributed by atoms with Crippen LogP contribution in [-0.2, 0) is 4.74 Å². The van der Waals surface area contributed by atoms with Crippen LogP contribution in [0.1, 0.15) is 24.2 Å². The Kier molecular flexibility index (Phi) is 5.48. The number of nitrogens with zero attached hydrogens (tertiary/aromatic N) is 2. The molecule has 0 saturated heterocycles. The standard InChI is InChI=1S/C16H21N5O2/c1-10(8-23-3)20-15-14(17)16(19-9-18-15)21-13-6-4-12(5-7-13)11(2)22/h4-7,9-10H,8,17H2,1-3H3,(H2,18,19,20,21). The maximum absolute atomic E-state index is 11.3. The SMILES string of the molecule is COCC(C)Nc1ncnc(Nc2ccc(C(C)=O)cc2)c1N. The first-order chi connectivity index (χ1) is 11.0. The molecule has 1 unspecified atom stereocenters. The molecule has 1 heterocycles. The molecule has 0 aliphatic carbocycles. The minimum absolute atomic E-state index is 0.0247. The largest absolute Gasteiger partial charge is 0.393 e. The lowest BCUT2D eigenvalue weighted by Crippen LogP contribution is -2.22. The number of nitrogens with one attached hydrogen (secondary N) is 2. The predicted octanol–water partition coefficient (Wildman–Crippen LogP) is 2.45. The first kappa shape index (κ1) is 16.7. The molecule has 122 valence electrons. The van der Waals surface area contributed by atoms with Crippen molar-refractivity contribution in [2.45, 2.75) is 19.9 Å². The van der Waals surface area contributed by atoms with Gasteiger partial charge in [-0.3, -0.25) is 4.79 Å². The number of benzene rings is 1. The average Bonchev–Trinajstić information content (AvgIpc) is 2.52. The van der Waals surface area contributed by atoms with Crippen molar-refractivity contribution in [1.29, 1.82) is 0 Å². The number of anilines is 4. The van der Waals surface area contributed by atoms with E-state index in [1.807, 2.05) is 6.92 Å². The molecule has 0 fully saturated rings. The third kappa shape index (κ3) is 4.40. The summed E-state index contributed by atoms with van der Waals surface area (Å²) in [5.41, 5.74) is 7.97. The average molecular weight is 315 g/mol. The van der Waals surface area contributed by atoms with E-state index in [4.69, 9.17) is 10.5 Å². The number of ketones is 1. The topological polar surface area (TPSA) is 102 Å². The Morgan fingerprint density at radius 2 is 1.91 bits per heavy atom. The smallest absolute Gasteiger partial charge is 0.159 e. The minimum Gasteiger partial charge on any atom is -0.393 e. The van der Waals surface area contributed by atoms with Crippen LogP contribution in [0.2, 0.25) is 0 Å². The molecule has 4 N–H and O–H groups in total. The molecule has 7 heteroatoms. The van der Waals surface area contributed by atoms with Gasteiger partial charge in [-0.25, -0.2) is 9.97 Å². The highest BCUT2D eigenvalue weighted by molar-refractivity contribution is 5.94. The second-order valence-corrected chi connectivity index (χ2v) is 5.24. The number of ether oxygens (including phenoxy) is 1. The van der Waals surface area contributed by atoms with Gasteiger partial charge in [-0.1, -0.05) is 0 Å². The molecule has 7 nitrogen and oxygen atoms in total. The Hall–Kier alpha value is -2.67. The van der Waals surface area contributed by atoms with Crippen molar-refractivity contribution in [1.82, 2.24) is 9.97 Å².